The normalized spacial score (nSPS) is 10.2. The van der Waals surface area contributed by atoms with E-state index in [1.807, 2.05) is 11.6 Å². The van der Waals surface area contributed by atoms with Gasteiger partial charge in [0.15, 0.2) is 5.13 Å². The molecule has 4 nitrogen and oxygen atoms in total. The maximum absolute atomic E-state index is 4.20. The third kappa shape index (κ3) is 2.28. The van der Waals surface area contributed by atoms with Gasteiger partial charge in [-0.2, -0.15) is 5.10 Å². The first-order valence-electron chi connectivity index (χ1n) is 3.67. The van der Waals surface area contributed by atoms with Gasteiger partial charge in [0, 0.05) is 23.7 Å². The van der Waals surface area contributed by atoms with Crippen LogP contribution in [0.25, 0.3) is 0 Å². The molecular formula is C7H7BrN4S. The Bertz CT molecular complexity index is 370. The lowest BCUT2D eigenvalue weighted by Crippen LogP contribution is -1.96. The molecule has 13 heavy (non-hydrogen) atoms. The highest BCUT2D eigenvalue weighted by molar-refractivity contribution is 9.10. The van der Waals surface area contributed by atoms with Crippen LogP contribution in [0.1, 0.15) is 5.56 Å². The molecule has 6 heteroatoms. The molecule has 0 saturated carbocycles. The number of aromatic nitrogens is 3. The van der Waals surface area contributed by atoms with Crippen LogP contribution in [0, 0.1) is 0 Å². The van der Waals surface area contributed by atoms with Gasteiger partial charge in [-0.3, -0.25) is 5.10 Å². The zero-order valence-corrected chi connectivity index (χ0v) is 9.02. The second-order valence-corrected chi connectivity index (χ2v) is 4.11. The summed E-state index contributed by atoms with van der Waals surface area (Å²) in [4.78, 5) is 4.20. The quantitative estimate of drug-likeness (QED) is 0.888. The highest BCUT2D eigenvalue weighted by Gasteiger charge is 1.98. The molecule has 2 aromatic heterocycles. The van der Waals surface area contributed by atoms with Gasteiger partial charge in [0.25, 0.3) is 0 Å². The molecule has 0 aliphatic rings. The summed E-state index contributed by atoms with van der Waals surface area (Å²) in [5.74, 6) is 0. The SMILES string of the molecule is Brc1csc(NCc2cn[nH]c2)n1. The highest BCUT2D eigenvalue weighted by atomic mass is 79.9. The van der Waals surface area contributed by atoms with Gasteiger partial charge in [0.2, 0.25) is 0 Å². The number of hydrogen-bond acceptors (Lipinski definition) is 4. The third-order valence-electron chi connectivity index (χ3n) is 1.47. The summed E-state index contributed by atoms with van der Waals surface area (Å²) in [5.41, 5.74) is 1.12. The number of nitrogens with one attached hydrogen (secondary N) is 2. The van der Waals surface area contributed by atoms with Crippen molar-refractivity contribution < 1.29 is 0 Å². The fourth-order valence-electron chi connectivity index (χ4n) is 0.887. The molecular weight excluding hydrogens is 252 g/mol. The summed E-state index contributed by atoms with van der Waals surface area (Å²) in [6.07, 6.45) is 3.64. The molecule has 0 unspecified atom stereocenters. The van der Waals surface area contributed by atoms with Crippen LogP contribution < -0.4 is 5.32 Å². The zero-order valence-electron chi connectivity index (χ0n) is 6.62. The van der Waals surface area contributed by atoms with Crippen LogP contribution in [0.3, 0.4) is 0 Å². The Labute approximate surface area is 87.5 Å². The van der Waals surface area contributed by atoms with E-state index < -0.39 is 0 Å². The van der Waals surface area contributed by atoms with Crippen molar-refractivity contribution in [2.45, 2.75) is 6.54 Å². The topological polar surface area (TPSA) is 53.6 Å². The minimum Gasteiger partial charge on any atom is -0.357 e. The lowest BCUT2D eigenvalue weighted by atomic mass is 10.4. The largest absolute Gasteiger partial charge is 0.357 e. The first kappa shape index (κ1) is 8.71. The van der Waals surface area contributed by atoms with Crippen molar-refractivity contribution >= 4 is 32.4 Å². The van der Waals surface area contributed by atoms with Crippen molar-refractivity contribution in [3.63, 3.8) is 0 Å². The molecule has 0 fully saturated rings. The Balaban J connectivity index is 1.93. The van der Waals surface area contributed by atoms with E-state index in [-0.39, 0.29) is 0 Å². The van der Waals surface area contributed by atoms with Crippen LogP contribution >= 0.6 is 27.3 Å². The van der Waals surface area contributed by atoms with Gasteiger partial charge in [-0.15, -0.1) is 11.3 Å². The molecule has 0 amide bonds. The number of anilines is 1. The standard InChI is InChI=1S/C7H7BrN4S/c8-6-4-13-7(12-6)9-1-5-2-10-11-3-5/h2-4H,1H2,(H,9,12)(H,10,11). The van der Waals surface area contributed by atoms with E-state index in [2.05, 4.69) is 36.4 Å². The lowest BCUT2D eigenvalue weighted by Gasteiger charge is -1.97. The molecule has 2 aromatic rings. The number of rotatable bonds is 3. The van der Waals surface area contributed by atoms with E-state index in [1.165, 1.54) is 0 Å². The van der Waals surface area contributed by atoms with Gasteiger partial charge >= 0.3 is 0 Å². The maximum Gasteiger partial charge on any atom is 0.184 e. The monoisotopic (exact) mass is 258 g/mol. The summed E-state index contributed by atoms with van der Waals surface area (Å²) in [6.45, 7) is 0.746. The zero-order chi connectivity index (χ0) is 9.10. The van der Waals surface area contributed by atoms with Gasteiger partial charge in [-0.1, -0.05) is 0 Å². The van der Waals surface area contributed by atoms with Crippen LogP contribution in [0.2, 0.25) is 0 Å². The Morgan fingerprint density at radius 1 is 1.62 bits per heavy atom. The molecule has 2 rings (SSSR count). The van der Waals surface area contributed by atoms with Crippen molar-refractivity contribution in [2.75, 3.05) is 5.32 Å². The predicted octanol–water partition coefficient (Wildman–Crippen LogP) is 2.24. The number of halogens is 1. The smallest absolute Gasteiger partial charge is 0.184 e. The van der Waals surface area contributed by atoms with E-state index in [1.54, 1.807) is 17.5 Å². The minimum atomic E-state index is 0.746. The fraction of sp³-hybridized carbons (Fsp3) is 0.143. The molecule has 0 aliphatic carbocycles. The molecule has 0 radical (unpaired) electrons. The Hall–Kier alpha value is -0.880. The van der Waals surface area contributed by atoms with Crippen molar-refractivity contribution in [2.24, 2.45) is 0 Å². The second kappa shape index (κ2) is 3.89. The molecule has 0 aromatic carbocycles. The number of nitrogens with zero attached hydrogens (tertiary/aromatic N) is 2. The summed E-state index contributed by atoms with van der Waals surface area (Å²) in [6, 6.07) is 0. The molecule has 0 aliphatic heterocycles. The number of H-pyrrole nitrogens is 1. The lowest BCUT2D eigenvalue weighted by molar-refractivity contribution is 1.09. The van der Waals surface area contributed by atoms with Crippen molar-refractivity contribution in [1.82, 2.24) is 15.2 Å². The molecule has 0 bridgehead atoms. The number of aromatic amines is 1. The van der Waals surface area contributed by atoms with Crippen LogP contribution in [-0.2, 0) is 6.54 Å². The molecule has 2 N–H and O–H groups in total. The van der Waals surface area contributed by atoms with Gasteiger partial charge < -0.3 is 5.32 Å². The molecule has 0 spiro atoms. The van der Waals surface area contributed by atoms with Crippen molar-refractivity contribution in [3.8, 4) is 0 Å². The van der Waals surface area contributed by atoms with Crippen LogP contribution in [-0.4, -0.2) is 15.2 Å². The van der Waals surface area contributed by atoms with Crippen molar-refractivity contribution in [1.29, 1.82) is 0 Å². The van der Waals surface area contributed by atoms with E-state index in [4.69, 9.17) is 0 Å². The van der Waals surface area contributed by atoms with Gasteiger partial charge in [-0.25, -0.2) is 4.98 Å². The number of hydrogen-bond donors (Lipinski definition) is 2. The average molecular weight is 259 g/mol. The summed E-state index contributed by atoms with van der Waals surface area (Å²) in [5, 5.41) is 12.6. The van der Waals surface area contributed by atoms with Gasteiger partial charge in [0.05, 0.1) is 6.20 Å². The maximum atomic E-state index is 4.20. The third-order valence-corrected chi connectivity index (χ3v) is 2.98. The average Bonchev–Trinajstić information content (AvgIpc) is 2.71. The summed E-state index contributed by atoms with van der Waals surface area (Å²) < 4.78 is 0.868. The van der Waals surface area contributed by atoms with E-state index >= 15 is 0 Å². The van der Waals surface area contributed by atoms with Crippen LogP contribution in [0.5, 0.6) is 0 Å². The van der Waals surface area contributed by atoms with Crippen LogP contribution in [0.15, 0.2) is 22.4 Å². The summed E-state index contributed by atoms with van der Waals surface area (Å²) >= 11 is 4.86. The highest BCUT2D eigenvalue weighted by Crippen LogP contribution is 2.19. The first-order valence-corrected chi connectivity index (χ1v) is 5.34. The van der Waals surface area contributed by atoms with Crippen molar-refractivity contribution in [3.05, 3.63) is 27.9 Å². The van der Waals surface area contributed by atoms with E-state index in [9.17, 15) is 0 Å². The Kier molecular flexibility index (Phi) is 2.60. The number of thiazole rings is 1. The van der Waals surface area contributed by atoms with E-state index in [0.29, 0.717) is 0 Å². The Morgan fingerprint density at radius 3 is 3.15 bits per heavy atom. The fourth-order valence-corrected chi connectivity index (χ4v) is 2.03. The minimum absolute atomic E-state index is 0.746. The summed E-state index contributed by atoms with van der Waals surface area (Å²) in [7, 11) is 0. The Morgan fingerprint density at radius 2 is 2.54 bits per heavy atom. The second-order valence-electron chi connectivity index (χ2n) is 2.44. The molecule has 0 saturated heterocycles. The van der Waals surface area contributed by atoms with Crippen LogP contribution in [0.4, 0.5) is 5.13 Å². The van der Waals surface area contributed by atoms with Gasteiger partial charge in [-0.05, 0) is 15.9 Å². The van der Waals surface area contributed by atoms with Gasteiger partial charge in [0.1, 0.15) is 4.60 Å². The van der Waals surface area contributed by atoms with E-state index in [0.717, 1.165) is 21.8 Å². The molecule has 2 heterocycles. The predicted molar refractivity (Wildman–Crippen MR) is 55.7 cm³/mol. The molecule has 68 valence electrons. The first-order chi connectivity index (χ1) is 6.34. The molecule has 0 atom stereocenters.